The highest BCUT2D eigenvalue weighted by Crippen LogP contribution is 2.30. The second kappa shape index (κ2) is 5.70. The first-order chi connectivity index (χ1) is 11.7. The zero-order valence-electron chi connectivity index (χ0n) is 13.1. The largest absolute Gasteiger partial charge is 0.456 e. The molecule has 0 atom stereocenters. The van der Waals surface area contributed by atoms with E-state index in [0.717, 1.165) is 22.0 Å². The molecule has 0 amide bonds. The maximum Gasteiger partial charge on any atom is 0.252 e. The van der Waals surface area contributed by atoms with Crippen molar-refractivity contribution in [3.63, 3.8) is 0 Å². The lowest BCUT2D eigenvalue weighted by Gasteiger charge is -2.09. The standard InChI is InChI=1S/C19H15N3O2/c1-22-12-14(11-20-22)13-7-8-16-17(9-13)21-19(23)10-18(16)24-15-5-3-2-4-6-15/h2-12H,1H3,(H,21,23). The summed E-state index contributed by atoms with van der Waals surface area (Å²) < 4.78 is 7.63. The summed E-state index contributed by atoms with van der Waals surface area (Å²) in [5, 5.41) is 5.04. The Kier molecular flexibility index (Phi) is 3.39. The molecule has 2 heterocycles. The van der Waals surface area contributed by atoms with Gasteiger partial charge in [-0.1, -0.05) is 24.3 Å². The summed E-state index contributed by atoms with van der Waals surface area (Å²) in [5.74, 6) is 1.23. The molecule has 24 heavy (non-hydrogen) atoms. The molecule has 0 saturated carbocycles. The number of nitrogens with zero attached hydrogens (tertiary/aromatic N) is 2. The number of aryl methyl sites for hydroxylation is 1. The maximum absolute atomic E-state index is 12.0. The average molecular weight is 317 g/mol. The number of aromatic nitrogens is 3. The third-order valence-electron chi connectivity index (χ3n) is 3.81. The van der Waals surface area contributed by atoms with E-state index in [0.29, 0.717) is 11.5 Å². The van der Waals surface area contributed by atoms with Gasteiger partial charge in [-0.25, -0.2) is 0 Å². The van der Waals surface area contributed by atoms with Gasteiger partial charge >= 0.3 is 0 Å². The van der Waals surface area contributed by atoms with E-state index in [2.05, 4.69) is 10.1 Å². The SMILES string of the molecule is Cn1cc(-c2ccc3c(Oc4ccccc4)cc(=O)[nH]c3c2)cn1. The van der Waals surface area contributed by atoms with Crippen molar-refractivity contribution >= 4 is 10.9 Å². The van der Waals surface area contributed by atoms with Gasteiger partial charge < -0.3 is 9.72 Å². The van der Waals surface area contributed by atoms with Crippen LogP contribution in [-0.2, 0) is 7.05 Å². The molecule has 0 unspecified atom stereocenters. The number of H-pyrrole nitrogens is 1. The first-order valence-corrected chi connectivity index (χ1v) is 7.58. The van der Waals surface area contributed by atoms with Crippen LogP contribution in [0.5, 0.6) is 11.5 Å². The minimum Gasteiger partial charge on any atom is -0.456 e. The average Bonchev–Trinajstić information content (AvgIpc) is 3.01. The zero-order valence-corrected chi connectivity index (χ0v) is 13.1. The molecule has 0 saturated heterocycles. The Hall–Kier alpha value is -3.34. The van der Waals surface area contributed by atoms with E-state index in [1.54, 1.807) is 10.9 Å². The van der Waals surface area contributed by atoms with E-state index in [1.807, 2.05) is 61.8 Å². The monoisotopic (exact) mass is 317 g/mol. The van der Waals surface area contributed by atoms with Gasteiger partial charge in [-0.3, -0.25) is 9.48 Å². The lowest BCUT2D eigenvalue weighted by Crippen LogP contribution is -2.05. The van der Waals surface area contributed by atoms with E-state index in [4.69, 9.17) is 4.74 Å². The van der Waals surface area contributed by atoms with Gasteiger partial charge in [0.25, 0.3) is 5.56 Å². The Morgan fingerprint density at radius 3 is 2.62 bits per heavy atom. The van der Waals surface area contributed by atoms with Gasteiger partial charge in [0.2, 0.25) is 0 Å². The van der Waals surface area contributed by atoms with Crippen molar-refractivity contribution in [2.24, 2.45) is 7.05 Å². The fourth-order valence-corrected chi connectivity index (χ4v) is 2.68. The molecule has 1 N–H and O–H groups in total. The molecule has 0 spiro atoms. The minimum absolute atomic E-state index is 0.197. The predicted octanol–water partition coefficient (Wildman–Crippen LogP) is 3.72. The number of benzene rings is 2. The second-order valence-electron chi connectivity index (χ2n) is 5.58. The van der Waals surface area contributed by atoms with Crippen molar-refractivity contribution in [3.8, 4) is 22.6 Å². The summed E-state index contributed by atoms with van der Waals surface area (Å²) in [5.41, 5.74) is 2.52. The fourth-order valence-electron chi connectivity index (χ4n) is 2.68. The summed E-state index contributed by atoms with van der Waals surface area (Å²) in [6.45, 7) is 0. The number of hydrogen-bond acceptors (Lipinski definition) is 3. The van der Waals surface area contributed by atoms with Crippen LogP contribution in [0.4, 0.5) is 0 Å². The number of ether oxygens (including phenoxy) is 1. The Morgan fingerprint density at radius 1 is 1.04 bits per heavy atom. The van der Waals surface area contributed by atoms with E-state index < -0.39 is 0 Å². The Balaban J connectivity index is 1.82. The highest BCUT2D eigenvalue weighted by molar-refractivity contribution is 5.88. The lowest BCUT2D eigenvalue weighted by atomic mass is 10.1. The lowest BCUT2D eigenvalue weighted by molar-refractivity contribution is 0.487. The third-order valence-corrected chi connectivity index (χ3v) is 3.81. The molecular weight excluding hydrogens is 302 g/mol. The molecule has 5 heteroatoms. The van der Waals surface area contributed by atoms with Crippen LogP contribution in [0.25, 0.3) is 22.0 Å². The highest BCUT2D eigenvalue weighted by atomic mass is 16.5. The van der Waals surface area contributed by atoms with Crippen LogP contribution < -0.4 is 10.3 Å². The Morgan fingerprint density at radius 2 is 1.88 bits per heavy atom. The molecule has 0 aliphatic rings. The van der Waals surface area contributed by atoms with Crippen LogP contribution in [0.1, 0.15) is 0 Å². The van der Waals surface area contributed by atoms with Gasteiger partial charge in [0, 0.05) is 30.3 Å². The van der Waals surface area contributed by atoms with Crippen molar-refractivity contribution in [2.75, 3.05) is 0 Å². The van der Waals surface area contributed by atoms with Crippen molar-refractivity contribution in [3.05, 3.63) is 77.3 Å². The number of nitrogens with one attached hydrogen (secondary N) is 1. The van der Waals surface area contributed by atoms with Gasteiger partial charge in [-0.15, -0.1) is 0 Å². The highest BCUT2D eigenvalue weighted by Gasteiger charge is 2.08. The van der Waals surface area contributed by atoms with Gasteiger partial charge in [0.1, 0.15) is 11.5 Å². The van der Waals surface area contributed by atoms with Gasteiger partial charge in [-0.05, 0) is 29.8 Å². The third kappa shape index (κ3) is 2.67. The maximum atomic E-state index is 12.0. The van der Waals surface area contributed by atoms with Gasteiger partial charge in [0.05, 0.1) is 11.7 Å². The molecule has 0 bridgehead atoms. The molecule has 0 aliphatic carbocycles. The smallest absolute Gasteiger partial charge is 0.252 e. The summed E-state index contributed by atoms with van der Waals surface area (Å²) in [4.78, 5) is 14.9. The van der Waals surface area contributed by atoms with E-state index in [9.17, 15) is 4.79 Å². The molecule has 2 aromatic carbocycles. The van der Waals surface area contributed by atoms with Gasteiger partial charge in [0.15, 0.2) is 0 Å². The molecule has 0 radical (unpaired) electrons. The first-order valence-electron chi connectivity index (χ1n) is 7.58. The van der Waals surface area contributed by atoms with E-state index in [1.165, 1.54) is 6.07 Å². The van der Waals surface area contributed by atoms with Crippen LogP contribution in [0.2, 0.25) is 0 Å². The number of rotatable bonds is 3. The van der Waals surface area contributed by atoms with Crippen LogP contribution in [0.15, 0.2) is 71.8 Å². The number of aromatic amines is 1. The first kappa shape index (κ1) is 14.3. The Bertz CT molecular complexity index is 1060. The van der Waals surface area contributed by atoms with Crippen LogP contribution in [0, 0.1) is 0 Å². The summed E-state index contributed by atoms with van der Waals surface area (Å²) in [6.07, 6.45) is 3.73. The molecule has 4 rings (SSSR count). The number of pyridine rings is 1. The number of hydrogen-bond donors (Lipinski definition) is 1. The molecule has 2 aromatic heterocycles. The zero-order chi connectivity index (χ0) is 16.5. The number of para-hydroxylation sites is 1. The predicted molar refractivity (Wildman–Crippen MR) is 93.3 cm³/mol. The molecule has 5 nitrogen and oxygen atoms in total. The molecule has 4 aromatic rings. The summed E-state index contributed by atoms with van der Waals surface area (Å²) >= 11 is 0. The van der Waals surface area contributed by atoms with Crippen molar-refractivity contribution in [1.82, 2.24) is 14.8 Å². The molecule has 118 valence electrons. The summed E-state index contributed by atoms with van der Waals surface area (Å²) in [7, 11) is 1.87. The summed E-state index contributed by atoms with van der Waals surface area (Å²) in [6, 6.07) is 16.8. The fraction of sp³-hybridized carbons (Fsp3) is 0.0526. The topological polar surface area (TPSA) is 59.9 Å². The van der Waals surface area contributed by atoms with Crippen LogP contribution in [0.3, 0.4) is 0 Å². The van der Waals surface area contributed by atoms with E-state index >= 15 is 0 Å². The van der Waals surface area contributed by atoms with Crippen molar-refractivity contribution in [2.45, 2.75) is 0 Å². The molecule has 0 aliphatic heterocycles. The minimum atomic E-state index is -0.197. The molecule has 0 fully saturated rings. The normalized spacial score (nSPS) is 10.9. The molecular formula is C19H15N3O2. The van der Waals surface area contributed by atoms with E-state index in [-0.39, 0.29) is 5.56 Å². The number of fused-ring (bicyclic) bond motifs is 1. The quantitative estimate of drug-likeness (QED) is 0.626. The van der Waals surface area contributed by atoms with Crippen LogP contribution in [-0.4, -0.2) is 14.8 Å². The van der Waals surface area contributed by atoms with Crippen LogP contribution >= 0.6 is 0 Å². The van der Waals surface area contributed by atoms with Crippen molar-refractivity contribution in [1.29, 1.82) is 0 Å². The van der Waals surface area contributed by atoms with Crippen molar-refractivity contribution < 1.29 is 4.74 Å². The van der Waals surface area contributed by atoms with Gasteiger partial charge in [-0.2, -0.15) is 5.10 Å². The Labute approximate surface area is 138 Å². The second-order valence-corrected chi connectivity index (χ2v) is 5.58.